The maximum absolute atomic E-state index is 11.3. The summed E-state index contributed by atoms with van der Waals surface area (Å²) in [5, 5.41) is 17.0. The second-order valence-corrected chi connectivity index (χ2v) is 6.89. The van der Waals surface area contributed by atoms with Crippen LogP contribution in [0.15, 0.2) is 0 Å². The molecule has 0 aliphatic rings. The largest absolute Gasteiger partial charge is 0.549 e. The van der Waals surface area contributed by atoms with Crippen molar-refractivity contribution in [2.45, 2.75) is 89.9 Å². The topological polar surface area (TPSA) is 146 Å². The highest BCUT2D eigenvalue weighted by Gasteiger charge is 2.11. The van der Waals surface area contributed by atoms with Gasteiger partial charge in [0.25, 0.3) is 0 Å². The second-order valence-electron chi connectivity index (χ2n) is 6.89. The number of unbranched alkanes of at least 4 members (excludes halogenated alkanes) is 10. The number of aliphatic carboxylic acids is 2. The number of hydrogen-bond acceptors (Lipinski definition) is 8. The Labute approximate surface area is 176 Å². The molecule has 0 saturated carbocycles. The summed E-state index contributed by atoms with van der Waals surface area (Å²) in [5.41, 5.74) is 0. The van der Waals surface area contributed by atoms with Gasteiger partial charge in [-0.2, -0.15) is 19.4 Å². The third-order valence-corrected chi connectivity index (χ3v) is 4.19. The lowest BCUT2D eigenvalue weighted by molar-refractivity contribution is -0.217. The lowest BCUT2D eigenvalue weighted by atomic mass is 10.1. The van der Waals surface area contributed by atoms with Crippen LogP contribution in [0.4, 0.5) is 9.59 Å². The third-order valence-electron chi connectivity index (χ3n) is 4.19. The fourth-order valence-electron chi connectivity index (χ4n) is 2.60. The minimum atomic E-state index is -1.12. The minimum Gasteiger partial charge on any atom is -0.481 e. The summed E-state index contributed by atoms with van der Waals surface area (Å²) < 4.78 is 9.50. The number of ether oxygens (including phenoxy) is 2. The first-order valence-electron chi connectivity index (χ1n) is 10.5. The van der Waals surface area contributed by atoms with Crippen LogP contribution in [0.5, 0.6) is 0 Å². The molecule has 0 fully saturated rings. The van der Waals surface area contributed by atoms with Crippen LogP contribution in [0.1, 0.15) is 89.9 Å². The van der Waals surface area contributed by atoms with Gasteiger partial charge in [0.05, 0.1) is 13.2 Å². The van der Waals surface area contributed by atoms with E-state index in [1.54, 1.807) is 0 Å². The molecule has 0 radical (unpaired) electrons. The number of rotatable bonds is 18. The van der Waals surface area contributed by atoms with E-state index in [1.807, 2.05) is 0 Å². The van der Waals surface area contributed by atoms with Crippen molar-refractivity contribution in [1.29, 1.82) is 0 Å². The highest BCUT2D eigenvalue weighted by Crippen LogP contribution is 2.08. The van der Waals surface area contributed by atoms with Crippen LogP contribution in [0.2, 0.25) is 0 Å². The van der Waals surface area contributed by atoms with Crippen molar-refractivity contribution >= 4 is 24.2 Å². The Morgan fingerprint density at radius 2 is 0.767 bits per heavy atom. The van der Waals surface area contributed by atoms with Gasteiger partial charge in [-0.1, -0.05) is 51.4 Å². The van der Waals surface area contributed by atoms with Gasteiger partial charge in [-0.05, 0) is 25.7 Å². The van der Waals surface area contributed by atoms with Crippen LogP contribution in [-0.2, 0) is 28.8 Å². The van der Waals surface area contributed by atoms with Crippen molar-refractivity contribution in [3.05, 3.63) is 0 Å². The average molecular weight is 434 g/mol. The molecule has 0 aromatic heterocycles. The molecule has 0 aliphatic carbocycles. The van der Waals surface area contributed by atoms with E-state index in [1.165, 1.54) is 0 Å². The van der Waals surface area contributed by atoms with E-state index in [4.69, 9.17) is 19.7 Å². The highest BCUT2D eigenvalue weighted by atomic mass is 17.3. The molecule has 30 heavy (non-hydrogen) atoms. The summed E-state index contributed by atoms with van der Waals surface area (Å²) in [5.74, 6) is -1.57. The van der Waals surface area contributed by atoms with Crippen molar-refractivity contribution in [2.24, 2.45) is 0 Å². The first-order chi connectivity index (χ1) is 14.4. The Balaban J connectivity index is 3.36. The van der Waals surface area contributed by atoms with Gasteiger partial charge in [-0.25, -0.2) is 0 Å². The third kappa shape index (κ3) is 21.8. The lowest BCUT2D eigenvalue weighted by Crippen LogP contribution is -2.14. The molecule has 10 nitrogen and oxygen atoms in total. The summed E-state index contributed by atoms with van der Waals surface area (Å²) in [4.78, 5) is 51.6. The Bertz CT molecular complexity index is 448. The van der Waals surface area contributed by atoms with Gasteiger partial charge in [0, 0.05) is 12.8 Å². The molecule has 0 atom stereocenters. The van der Waals surface area contributed by atoms with Crippen molar-refractivity contribution < 1.29 is 48.6 Å². The molecule has 0 aliphatic heterocycles. The van der Waals surface area contributed by atoms with Crippen LogP contribution < -0.4 is 0 Å². The maximum atomic E-state index is 11.3. The van der Waals surface area contributed by atoms with E-state index in [2.05, 4.69) is 9.78 Å². The standard InChI is InChI=1S/C20H34O10/c21-17(22)13-9-5-1-3-7-11-15-27-19(25)29-30-20(26)28-16-12-8-4-2-6-10-14-18(23)24/h1-16H2,(H,21,22)(H,23,24). The predicted molar refractivity (Wildman–Crippen MR) is 105 cm³/mol. The Morgan fingerprint density at radius 1 is 0.467 bits per heavy atom. The smallest absolute Gasteiger partial charge is 0.481 e. The predicted octanol–water partition coefficient (Wildman–Crippen LogP) is 4.84. The molecule has 0 spiro atoms. The number of carbonyl (C=O) groups excluding carboxylic acids is 2. The zero-order chi connectivity index (χ0) is 22.5. The van der Waals surface area contributed by atoms with Gasteiger partial charge in [0.15, 0.2) is 0 Å². The van der Waals surface area contributed by atoms with Gasteiger partial charge in [-0.3, -0.25) is 9.59 Å². The molecule has 0 bridgehead atoms. The molecule has 0 heterocycles. The molecule has 0 aromatic carbocycles. The highest BCUT2D eigenvalue weighted by molar-refractivity contribution is 5.66. The van der Waals surface area contributed by atoms with Gasteiger partial charge < -0.3 is 19.7 Å². The van der Waals surface area contributed by atoms with Crippen molar-refractivity contribution in [2.75, 3.05) is 13.2 Å². The molecule has 0 saturated heterocycles. The van der Waals surface area contributed by atoms with E-state index in [-0.39, 0.29) is 26.1 Å². The van der Waals surface area contributed by atoms with Gasteiger partial charge >= 0.3 is 24.2 Å². The summed E-state index contributed by atoms with van der Waals surface area (Å²) in [6.45, 7) is 0.275. The van der Waals surface area contributed by atoms with E-state index in [0.29, 0.717) is 25.7 Å². The summed E-state index contributed by atoms with van der Waals surface area (Å²) >= 11 is 0. The average Bonchev–Trinajstić information content (AvgIpc) is 2.69. The summed E-state index contributed by atoms with van der Waals surface area (Å²) in [7, 11) is 0. The summed E-state index contributed by atoms with van der Waals surface area (Å²) in [6.07, 6.45) is 7.83. The Hall–Kier alpha value is -2.52. The van der Waals surface area contributed by atoms with Crippen LogP contribution in [0, 0.1) is 0 Å². The van der Waals surface area contributed by atoms with Crippen LogP contribution in [-0.4, -0.2) is 47.7 Å². The number of carboxylic acid groups (broad SMARTS) is 2. The number of hydrogen-bond donors (Lipinski definition) is 2. The monoisotopic (exact) mass is 434 g/mol. The Morgan fingerprint density at radius 3 is 1.10 bits per heavy atom. The van der Waals surface area contributed by atoms with Crippen molar-refractivity contribution in [1.82, 2.24) is 0 Å². The first kappa shape index (κ1) is 27.5. The summed E-state index contributed by atoms with van der Waals surface area (Å²) in [6, 6.07) is 0. The second kappa shape index (κ2) is 19.8. The zero-order valence-electron chi connectivity index (χ0n) is 17.5. The molecule has 174 valence electrons. The fraction of sp³-hybridized carbons (Fsp3) is 0.800. The van der Waals surface area contributed by atoms with E-state index >= 15 is 0 Å². The Kier molecular flexibility index (Phi) is 18.1. The van der Waals surface area contributed by atoms with Gasteiger partial charge in [-0.15, -0.1) is 0 Å². The van der Waals surface area contributed by atoms with E-state index in [9.17, 15) is 19.2 Å². The molecule has 2 N–H and O–H groups in total. The molecular formula is C20H34O10. The maximum Gasteiger partial charge on any atom is 0.549 e. The fourth-order valence-corrected chi connectivity index (χ4v) is 2.60. The quantitative estimate of drug-likeness (QED) is 0.133. The molecule has 0 amide bonds. The van der Waals surface area contributed by atoms with Crippen molar-refractivity contribution in [3.8, 4) is 0 Å². The molecule has 0 unspecified atom stereocenters. The molecule has 0 rings (SSSR count). The van der Waals surface area contributed by atoms with Gasteiger partial charge in [0.2, 0.25) is 0 Å². The van der Waals surface area contributed by atoms with E-state index < -0.39 is 24.2 Å². The van der Waals surface area contributed by atoms with E-state index in [0.717, 1.165) is 51.4 Å². The first-order valence-corrected chi connectivity index (χ1v) is 10.5. The van der Waals surface area contributed by atoms with Crippen molar-refractivity contribution in [3.63, 3.8) is 0 Å². The number of carbonyl (C=O) groups is 4. The normalized spacial score (nSPS) is 10.3. The minimum absolute atomic E-state index is 0.138. The lowest BCUT2D eigenvalue weighted by Gasteiger charge is -2.06. The molecule has 10 heteroatoms. The van der Waals surface area contributed by atoms with Crippen LogP contribution >= 0.6 is 0 Å². The van der Waals surface area contributed by atoms with Gasteiger partial charge in [0.1, 0.15) is 0 Å². The number of carboxylic acids is 2. The zero-order valence-corrected chi connectivity index (χ0v) is 17.5. The molecule has 0 aromatic rings. The van der Waals surface area contributed by atoms with Crippen LogP contribution in [0.3, 0.4) is 0 Å². The SMILES string of the molecule is O=C(O)CCCCCCCCOC(=O)OOC(=O)OCCCCCCCCC(=O)O. The molecular weight excluding hydrogens is 400 g/mol. The van der Waals surface area contributed by atoms with Crippen LogP contribution in [0.25, 0.3) is 0 Å².